The van der Waals surface area contributed by atoms with Crippen LogP contribution in [-0.4, -0.2) is 23.5 Å². The summed E-state index contributed by atoms with van der Waals surface area (Å²) in [5, 5.41) is 0. The van der Waals surface area contributed by atoms with E-state index in [0.29, 0.717) is 11.0 Å². The Morgan fingerprint density at radius 3 is 2.33 bits per heavy atom. The molecule has 1 fully saturated rings. The highest BCUT2D eigenvalue weighted by Crippen LogP contribution is 2.43. The van der Waals surface area contributed by atoms with Crippen molar-refractivity contribution in [2.24, 2.45) is 11.3 Å². The quantitative estimate of drug-likeness (QED) is 0.477. The second-order valence-electron chi connectivity index (χ2n) is 8.34. The van der Waals surface area contributed by atoms with E-state index < -0.39 is 0 Å². The maximum absolute atomic E-state index is 2.85. The third kappa shape index (κ3) is 5.58. The van der Waals surface area contributed by atoms with Crippen molar-refractivity contribution in [3.63, 3.8) is 0 Å². The molecule has 1 aliphatic rings. The Kier molecular flexibility index (Phi) is 7.74. The minimum atomic E-state index is 0.417. The van der Waals surface area contributed by atoms with Crippen LogP contribution in [0, 0.1) is 11.3 Å². The summed E-state index contributed by atoms with van der Waals surface area (Å²) in [4.78, 5) is 2.85. The van der Waals surface area contributed by atoms with Crippen LogP contribution in [0.25, 0.3) is 0 Å². The Bertz CT molecular complexity index is 288. The van der Waals surface area contributed by atoms with Gasteiger partial charge in [-0.2, -0.15) is 0 Å². The van der Waals surface area contributed by atoms with E-state index in [2.05, 4.69) is 46.4 Å². The van der Waals surface area contributed by atoms with Crippen LogP contribution >= 0.6 is 0 Å². The average Bonchev–Trinajstić information content (AvgIpc) is 2.58. The van der Waals surface area contributed by atoms with E-state index in [9.17, 15) is 0 Å². The van der Waals surface area contributed by atoms with Gasteiger partial charge in [0.1, 0.15) is 0 Å². The molecule has 0 radical (unpaired) electrons. The van der Waals surface area contributed by atoms with Gasteiger partial charge in [0.25, 0.3) is 0 Å². The molecule has 0 spiro atoms. The summed E-state index contributed by atoms with van der Waals surface area (Å²) in [5.41, 5.74) is 0.977. The maximum atomic E-state index is 2.85. The molecule has 0 amide bonds. The molecule has 0 saturated carbocycles. The van der Waals surface area contributed by atoms with Gasteiger partial charge >= 0.3 is 0 Å². The highest BCUT2D eigenvalue weighted by molar-refractivity contribution is 4.94. The summed E-state index contributed by atoms with van der Waals surface area (Å²) in [5.74, 6) is 0.855. The molecular weight excluding hydrogens is 254 g/mol. The summed E-state index contributed by atoms with van der Waals surface area (Å²) < 4.78 is 0. The largest absolute Gasteiger partial charge is 0.298 e. The zero-order valence-corrected chi connectivity index (χ0v) is 15.8. The number of likely N-dealkylation sites (tertiary alicyclic amines) is 1. The van der Waals surface area contributed by atoms with Crippen molar-refractivity contribution in [1.29, 1.82) is 0 Å². The molecule has 1 heteroatoms. The van der Waals surface area contributed by atoms with Crippen molar-refractivity contribution in [2.45, 2.75) is 105 Å². The molecule has 1 rings (SSSR count). The monoisotopic (exact) mass is 295 g/mol. The number of nitrogens with zero attached hydrogens (tertiary/aromatic N) is 1. The van der Waals surface area contributed by atoms with Crippen LogP contribution in [0.5, 0.6) is 0 Å². The van der Waals surface area contributed by atoms with Gasteiger partial charge < -0.3 is 0 Å². The van der Waals surface area contributed by atoms with Gasteiger partial charge in [-0.1, -0.05) is 60.3 Å². The van der Waals surface area contributed by atoms with Gasteiger partial charge in [-0.3, -0.25) is 4.90 Å². The number of unbranched alkanes of at least 4 members (excludes halogenated alkanes) is 2. The SMILES string of the molecule is CCCCCC(C)CN1CCCC(C)(CC)CC1(C)CC. The maximum Gasteiger partial charge on any atom is 0.0184 e. The lowest BCUT2D eigenvalue weighted by atomic mass is 9.73. The van der Waals surface area contributed by atoms with Crippen LogP contribution in [0.15, 0.2) is 0 Å². The minimum absolute atomic E-state index is 0.417. The second kappa shape index (κ2) is 8.56. The standard InChI is InChI=1S/C20H41N/c1-7-10-11-13-18(4)16-21-15-12-14-19(5,8-2)17-20(21,6)9-3/h18H,7-17H2,1-6H3. The van der Waals surface area contributed by atoms with Crippen molar-refractivity contribution in [2.75, 3.05) is 13.1 Å². The Balaban J connectivity index is 2.66. The molecule has 1 aliphatic heterocycles. The zero-order valence-electron chi connectivity index (χ0n) is 15.8. The van der Waals surface area contributed by atoms with Gasteiger partial charge in [0.15, 0.2) is 0 Å². The first-order valence-corrected chi connectivity index (χ1v) is 9.64. The lowest BCUT2D eigenvalue weighted by Crippen LogP contribution is -2.49. The number of rotatable bonds is 8. The average molecular weight is 296 g/mol. The Hall–Kier alpha value is -0.0400. The molecule has 0 aromatic heterocycles. The zero-order chi connectivity index (χ0) is 15.9. The summed E-state index contributed by atoms with van der Waals surface area (Å²) >= 11 is 0. The van der Waals surface area contributed by atoms with Crippen LogP contribution in [0.2, 0.25) is 0 Å². The van der Waals surface area contributed by atoms with Crippen molar-refractivity contribution in [1.82, 2.24) is 4.90 Å². The summed E-state index contributed by atoms with van der Waals surface area (Å²) in [7, 11) is 0. The molecule has 3 unspecified atom stereocenters. The van der Waals surface area contributed by atoms with Crippen molar-refractivity contribution in [3.8, 4) is 0 Å². The Labute approximate surface area is 134 Å². The van der Waals surface area contributed by atoms with Gasteiger partial charge in [0.05, 0.1) is 0 Å². The fourth-order valence-electron chi connectivity index (χ4n) is 4.26. The predicted octanol–water partition coefficient (Wildman–Crippen LogP) is 6.27. The molecule has 126 valence electrons. The molecule has 1 saturated heterocycles. The Morgan fingerprint density at radius 1 is 1.05 bits per heavy atom. The molecular formula is C20H41N. The van der Waals surface area contributed by atoms with E-state index in [-0.39, 0.29) is 0 Å². The molecule has 21 heavy (non-hydrogen) atoms. The molecule has 1 nitrogen and oxygen atoms in total. The fourth-order valence-corrected chi connectivity index (χ4v) is 4.26. The third-order valence-corrected chi connectivity index (χ3v) is 6.23. The molecule has 0 bridgehead atoms. The first-order valence-electron chi connectivity index (χ1n) is 9.64. The van der Waals surface area contributed by atoms with Gasteiger partial charge in [0.2, 0.25) is 0 Å². The van der Waals surface area contributed by atoms with Gasteiger partial charge in [0, 0.05) is 12.1 Å². The molecule has 1 heterocycles. The predicted molar refractivity (Wildman–Crippen MR) is 95.8 cm³/mol. The molecule has 0 aromatic rings. The second-order valence-corrected chi connectivity index (χ2v) is 8.34. The van der Waals surface area contributed by atoms with Gasteiger partial charge in [-0.05, 0) is 56.9 Å². The van der Waals surface area contributed by atoms with E-state index in [1.807, 2.05) is 0 Å². The highest BCUT2D eigenvalue weighted by Gasteiger charge is 2.39. The van der Waals surface area contributed by atoms with E-state index in [0.717, 1.165) is 5.92 Å². The van der Waals surface area contributed by atoms with Crippen LogP contribution < -0.4 is 0 Å². The van der Waals surface area contributed by atoms with Crippen LogP contribution in [0.4, 0.5) is 0 Å². The van der Waals surface area contributed by atoms with Gasteiger partial charge in [-0.25, -0.2) is 0 Å². The molecule has 0 aromatic carbocycles. The van der Waals surface area contributed by atoms with Crippen molar-refractivity contribution < 1.29 is 0 Å². The fraction of sp³-hybridized carbons (Fsp3) is 1.00. The molecule has 3 atom stereocenters. The van der Waals surface area contributed by atoms with E-state index in [4.69, 9.17) is 0 Å². The first kappa shape index (κ1) is 19.0. The van der Waals surface area contributed by atoms with Gasteiger partial charge in [-0.15, -0.1) is 0 Å². The topological polar surface area (TPSA) is 3.24 Å². The van der Waals surface area contributed by atoms with E-state index >= 15 is 0 Å². The van der Waals surface area contributed by atoms with Crippen molar-refractivity contribution >= 4 is 0 Å². The smallest absolute Gasteiger partial charge is 0.0184 e. The van der Waals surface area contributed by atoms with Crippen LogP contribution in [0.1, 0.15) is 99.3 Å². The highest BCUT2D eigenvalue weighted by atomic mass is 15.2. The number of hydrogen-bond donors (Lipinski definition) is 0. The van der Waals surface area contributed by atoms with Crippen LogP contribution in [-0.2, 0) is 0 Å². The molecule has 0 aliphatic carbocycles. The van der Waals surface area contributed by atoms with E-state index in [1.54, 1.807) is 0 Å². The minimum Gasteiger partial charge on any atom is -0.298 e. The lowest BCUT2D eigenvalue weighted by Gasteiger charge is -2.44. The normalized spacial score (nSPS) is 32.9. The molecule has 0 N–H and O–H groups in total. The lowest BCUT2D eigenvalue weighted by molar-refractivity contribution is 0.0578. The summed E-state index contributed by atoms with van der Waals surface area (Å²) in [6, 6.07) is 0. The summed E-state index contributed by atoms with van der Waals surface area (Å²) in [6.07, 6.45) is 12.4. The third-order valence-electron chi connectivity index (χ3n) is 6.23. The van der Waals surface area contributed by atoms with E-state index in [1.165, 1.54) is 70.9 Å². The van der Waals surface area contributed by atoms with Crippen LogP contribution in [0.3, 0.4) is 0 Å². The Morgan fingerprint density at radius 2 is 1.76 bits per heavy atom. The number of hydrogen-bond acceptors (Lipinski definition) is 1. The van der Waals surface area contributed by atoms with Crippen molar-refractivity contribution in [3.05, 3.63) is 0 Å². The first-order chi connectivity index (χ1) is 9.89. The summed E-state index contributed by atoms with van der Waals surface area (Å²) in [6.45, 7) is 17.2.